The fraction of sp³-hybridized carbons (Fsp3) is 0.682. The number of rotatable bonds is 53. The van der Waals surface area contributed by atoms with Crippen LogP contribution in [0.25, 0.3) is 0 Å². The molecule has 0 saturated carbocycles. The lowest BCUT2D eigenvalue weighted by atomic mass is 10.0. The number of carbonyl (C=O) groups is 3. The smallest absolute Gasteiger partial charge is 0.306 e. The lowest BCUT2D eigenvalue weighted by Gasteiger charge is -2.18. The number of unbranched alkanes of at least 4 members (excludes halogenated alkanes) is 24. The first-order valence-electron chi connectivity index (χ1n) is 29.9. The Bertz CT molecular complexity index is 1470. The van der Waals surface area contributed by atoms with Crippen LogP contribution in [0, 0.1) is 0 Å². The molecule has 0 spiro atoms. The topological polar surface area (TPSA) is 78.9 Å². The standard InChI is InChI=1S/C66H110O6/c1-4-7-10-13-16-18-20-22-24-26-28-29-30-31-32-33-34-35-36-37-38-40-41-43-45-47-50-53-56-59-65(68)71-62-63(61-70-64(67)58-55-52-49-15-12-9-6-3)72-66(69)60-57-54-51-48-46-44-42-39-27-25-23-21-19-17-14-11-8-5-2/h7,10,16,18,22,24,28-29,31-32,34-35,37-38,41,43,47,50,63H,4-6,8-9,11-15,17,19-21,23,25-27,30,33,36,39-40,42,44-46,48-49,51-62H2,1-3H3/b10-7-,18-16-,24-22-,29-28-,32-31-,35-34-,38-37-,43-41-,50-47-. The fourth-order valence-corrected chi connectivity index (χ4v) is 8.09. The van der Waals surface area contributed by atoms with Crippen molar-refractivity contribution in [1.29, 1.82) is 0 Å². The van der Waals surface area contributed by atoms with Crippen LogP contribution >= 0.6 is 0 Å². The van der Waals surface area contributed by atoms with E-state index < -0.39 is 6.10 Å². The van der Waals surface area contributed by atoms with Gasteiger partial charge in [-0.3, -0.25) is 14.4 Å². The van der Waals surface area contributed by atoms with Gasteiger partial charge in [-0.05, 0) is 83.5 Å². The van der Waals surface area contributed by atoms with Gasteiger partial charge in [0, 0.05) is 19.3 Å². The van der Waals surface area contributed by atoms with E-state index >= 15 is 0 Å². The minimum atomic E-state index is -0.798. The highest BCUT2D eigenvalue weighted by Gasteiger charge is 2.19. The van der Waals surface area contributed by atoms with Gasteiger partial charge in [-0.15, -0.1) is 0 Å². The Morgan fingerprint density at radius 2 is 0.542 bits per heavy atom. The highest BCUT2D eigenvalue weighted by atomic mass is 16.6. The number of allylic oxidation sites excluding steroid dienone is 18. The molecular formula is C66H110O6. The largest absolute Gasteiger partial charge is 0.462 e. The molecule has 0 N–H and O–H groups in total. The summed E-state index contributed by atoms with van der Waals surface area (Å²) in [4.78, 5) is 38.0. The van der Waals surface area contributed by atoms with E-state index in [1.807, 2.05) is 0 Å². The molecule has 0 aliphatic heterocycles. The van der Waals surface area contributed by atoms with E-state index in [1.165, 1.54) is 122 Å². The molecule has 1 unspecified atom stereocenters. The highest BCUT2D eigenvalue weighted by molar-refractivity contribution is 5.71. The van der Waals surface area contributed by atoms with E-state index in [0.717, 1.165) is 103 Å². The first-order valence-corrected chi connectivity index (χ1v) is 29.9. The zero-order valence-corrected chi connectivity index (χ0v) is 46.9. The summed E-state index contributed by atoms with van der Waals surface area (Å²) in [6.07, 6.45) is 81.2. The van der Waals surface area contributed by atoms with Crippen molar-refractivity contribution in [2.45, 2.75) is 277 Å². The van der Waals surface area contributed by atoms with Crippen molar-refractivity contribution in [1.82, 2.24) is 0 Å². The van der Waals surface area contributed by atoms with Gasteiger partial charge in [0.2, 0.25) is 0 Å². The quantitative estimate of drug-likeness (QED) is 0.0261. The summed E-state index contributed by atoms with van der Waals surface area (Å²) >= 11 is 0. The normalized spacial score (nSPS) is 12.9. The molecule has 72 heavy (non-hydrogen) atoms. The number of hydrogen-bond acceptors (Lipinski definition) is 6. The highest BCUT2D eigenvalue weighted by Crippen LogP contribution is 2.16. The maximum atomic E-state index is 12.8. The predicted octanol–water partition coefficient (Wildman–Crippen LogP) is 20.3. The third-order valence-corrected chi connectivity index (χ3v) is 12.5. The summed E-state index contributed by atoms with van der Waals surface area (Å²) < 4.78 is 16.7. The van der Waals surface area contributed by atoms with Crippen LogP contribution in [0.15, 0.2) is 109 Å². The number of esters is 3. The van der Waals surface area contributed by atoms with Crippen LogP contribution in [0.5, 0.6) is 0 Å². The molecule has 0 aromatic rings. The molecule has 0 aromatic carbocycles. The zero-order valence-electron chi connectivity index (χ0n) is 46.9. The van der Waals surface area contributed by atoms with Crippen LogP contribution < -0.4 is 0 Å². The summed E-state index contributed by atoms with van der Waals surface area (Å²) in [7, 11) is 0. The van der Waals surface area contributed by atoms with Gasteiger partial charge in [-0.1, -0.05) is 278 Å². The molecule has 0 saturated heterocycles. The summed E-state index contributed by atoms with van der Waals surface area (Å²) in [6, 6.07) is 0. The second-order valence-electron chi connectivity index (χ2n) is 19.5. The first-order chi connectivity index (χ1) is 35.5. The van der Waals surface area contributed by atoms with Crippen molar-refractivity contribution >= 4 is 17.9 Å². The molecule has 0 rings (SSSR count). The molecule has 410 valence electrons. The lowest BCUT2D eigenvalue weighted by molar-refractivity contribution is -0.167. The monoisotopic (exact) mass is 999 g/mol. The maximum absolute atomic E-state index is 12.8. The molecule has 0 heterocycles. The van der Waals surface area contributed by atoms with Crippen LogP contribution in [0.4, 0.5) is 0 Å². The van der Waals surface area contributed by atoms with Crippen LogP contribution in [-0.4, -0.2) is 37.2 Å². The van der Waals surface area contributed by atoms with E-state index in [1.54, 1.807) is 0 Å². The summed E-state index contributed by atoms with van der Waals surface area (Å²) in [5.41, 5.74) is 0. The Kier molecular flexibility index (Phi) is 56.4. The lowest BCUT2D eigenvalue weighted by Crippen LogP contribution is -2.30. The molecule has 6 nitrogen and oxygen atoms in total. The first kappa shape index (κ1) is 68.1. The van der Waals surface area contributed by atoms with Crippen molar-refractivity contribution in [3.05, 3.63) is 109 Å². The van der Waals surface area contributed by atoms with Crippen molar-refractivity contribution < 1.29 is 28.6 Å². The van der Waals surface area contributed by atoms with Crippen molar-refractivity contribution in [2.75, 3.05) is 13.2 Å². The molecule has 0 radical (unpaired) electrons. The molecule has 0 aliphatic rings. The summed E-state index contributed by atoms with van der Waals surface area (Å²) in [6.45, 7) is 6.45. The van der Waals surface area contributed by atoms with Gasteiger partial charge in [0.25, 0.3) is 0 Å². The third kappa shape index (κ3) is 57.0. The van der Waals surface area contributed by atoms with Gasteiger partial charge < -0.3 is 14.2 Å². The average Bonchev–Trinajstić information content (AvgIpc) is 3.38. The van der Waals surface area contributed by atoms with Gasteiger partial charge in [0.1, 0.15) is 13.2 Å². The molecule has 6 heteroatoms. The van der Waals surface area contributed by atoms with Crippen molar-refractivity contribution in [2.24, 2.45) is 0 Å². The van der Waals surface area contributed by atoms with Crippen LogP contribution in [-0.2, 0) is 28.6 Å². The van der Waals surface area contributed by atoms with Gasteiger partial charge in [-0.25, -0.2) is 0 Å². The van der Waals surface area contributed by atoms with E-state index in [0.29, 0.717) is 19.3 Å². The van der Waals surface area contributed by atoms with Crippen LogP contribution in [0.2, 0.25) is 0 Å². The molecule has 0 amide bonds. The maximum Gasteiger partial charge on any atom is 0.306 e. The Morgan fingerprint density at radius 3 is 0.847 bits per heavy atom. The SMILES string of the molecule is CC/C=C\C/C=C\C/C=C\C/C=C\C/C=C\C/C=C\C/C=C\C/C=C\C/C=C\CCCC(=O)OCC(COC(=O)CCCCCCCCC)OC(=O)CCCCCCCCCCCCCCCCCCCC. The van der Waals surface area contributed by atoms with Gasteiger partial charge in [-0.2, -0.15) is 0 Å². The average molecular weight is 1000 g/mol. The molecule has 0 aromatic heterocycles. The van der Waals surface area contributed by atoms with Crippen LogP contribution in [0.1, 0.15) is 271 Å². The molecular weight excluding hydrogens is 889 g/mol. The second kappa shape index (κ2) is 59.6. The molecule has 1 atom stereocenters. The zero-order chi connectivity index (χ0) is 52.2. The van der Waals surface area contributed by atoms with Crippen molar-refractivity contribution in [3.8, 4) is 0 Å². The minimum absolute atomic E-state index is 0.0942. The van der Waals surface area contributed by atoms with Gasteiger partial charge in [0.05, 0.1) is 0 Å². The Labute approximate surface area is 444 Å². The third-order valence-electron chi connectivity index (χ3n) is 12.5. The predicted molar refractivity (Wildman–Crippen MR) is 311 cm³/mol. The second-order valence-corrected chi connectivity index (χ2v) is 19.5. The minimum Gasteiger partial charge on any atom is -0.462 e. The molecule has 0 aliphatic carbocycles. The van der Waals surface area contributed by atoms with Gasteiger partial charge >= 0.3 is 17.9 Å². The summed E-state index contributed by atoms with van der Waals surface area (Å²) in [5.74, 6) is -0.959. The summed E-state index contributed by atoms with van der Waals surface area (Å²) in [5, 5.41) is 0. The van der Waals surface area contributed by atoms with Crippen molar-refractivity contribution in [3.63, 3.8) is 0 Å². The van der Waals surface area contributed by atoms with Crippen LogP contribution in [0.3, 0.4) is 0 Å². The number of carbonyl (C=O) groups excluding carboxylic acids is 3. The Balaban J connectivity index is 4.28. The van der Waals surface area contributed by atoms with E-state index in [-0.39, 0.29) is 37.5 Å². The molecule has 0 bridgehead atoms. The van der Waals surface area contributed by atoms with Gasteiger partial charge in [0.15, 0.2) is 6.10 Å². The Morgan fingerprint density at radius 1 is 0.292 bits per heavy atom. The Hall–Kier alpha value is -3.93. The fourth-order valence-electron chi connectivity index (χ4n) is 8.09. The van der Waals surface area contributed by atoms with E-state index in [9.17, 15) is 14.4 Å². The van der Waals surface area contributed by atoms with E-state index in [2.05, 4.69) is 130 Å². The number of ether oxygens (including phenoxy) is 3. The van der Waals surface area contributed by atoms with E-state index in [4.69, 9.17) is 14.2 Å². The molecule has 0 fully saturated rings. The number of hydrogen-bond donors (Lipinski definition) is 0.